The molecule has 0 spiro atoms. The van der Waals surface area contributed by atoms with E-state index < -0.39 is 9.84 Å². The fourth-order valence-electron chi connectivity index (χ4n) is 0.793. The Balaban J connectivity index is 3.22. The summed E-state index contributed by atoms with van der Waals surface area (Å²) in [5, 5.41) is 0.278. The fraction of sp³-hybridized carbons (Fsp3) is 0.500. The summed E-state index contributed by atoms with van der Waals surface area (Å²) in [4.78, 5) is 3.72. The molecule has 1 aromatic heterocycles. The first-order valence-corrected chi connectivity index (χ1v) is 4.92. The van der Waals surface area contributed by atoms with E-state index in [1.54, 1.807) is 14.0 Å². The van der Waals surface area contributed by atoms with Crippen molar-refractivity contribution in [3.05, 3.63) is 12.5 Å². The van der Waals surface area contributed by atoms with Gasteiger partial charge in [-0.25, -0.2) is 13.4 Å². The zero-order valence-corrected chi connectivity index (χ0v) is 7.30. The quantitative estimate of drug-likeness (QED) is 0.644. The monoisotopic (exact) mass is 174 g/mol. The predicted molar refractivity (Wildman–Crippen MR) is 40.9 cm³/mol. The highest BCUT2D eigenvalue weighted by atomic mass is 32.2. The molecule has 0 amide bonds. The van der Waals surface area contributed by atoms with E-state index in [0.29, 0.717) is 0 Å². The maximum absolute atomic E-state index is 11.2. The van der Waals surface area contributed by atoms with Crippen molar-refractivity contribution < 1.29 is 8.42 Å². The Labute approximate surface area is 65.8 Å². The van der Waals surface area contributed by atoms with Gasteiger partial charge in [-0.3, -0.25) is 0 Å². The van der Waals surface area contributed by atoms with Crippen molar-refractivity contribution >= 4 is 9.84 Å². The molecule has 1 aromatic rings. The number of rotatable bonds is 2. The van der Waals surface area contributed by atoms with Crippen molar-refractivity contribution in [1.82, 2.24) is 9.55 Å². The number of hydrogen-bond donors (Lipinski definition) is 0. The molecule has 0 aromatic carbocycles. The molecule has 0 aliphatic heterocycles. The van der Waals surface area contributed by atoms with Gasteiger partial charge < -0.3 is 4.57 Å². The number of nitrogens with zero attached hydrogens (tertiary/aromatic N) is 2. The Morgan fingerprint density at radius 2 is 2.27 bits per heavy atom. The Kier molecular flexibility index (Phi) is 1.99. The average Bonchev–Trinajstić information content (AvgIpc) is 2.36. The van der Waals surface area contributed by atoms with Gasteiger partial charge in [0.25, 0.3) is 0 Å². The van der Waals surface area contributed by atoms with Crippen molar-refractivity contribution in [3.63, 3.8) is 0 Å². The average molecular weight is 174 g/mol. The van der Waals surface area contributed by atoms with Crippen LogP contribution in [0.4, 0.5) is 0 Å². The Bertz CT molecular complexity index is 339. The van der Waals surface area contributed by atoms with Gasteiger partial charge in [0.05, 0.1) is 18.3 Å². The highest BCUT2D eigenvalue weighted by Gasteiger charge is 2.14. The molecule has 0 aliphatic carbocycles. The molecular weight excluding hydrogens is 164 g/mol. The van der Waals surface area contributed by atoms with E-state index in [1.165, 1.54) is 17.1 Å². The molecule has 0 aliphatic rings. The van der Waals surface area contributed by atoms with E-state index in [0.717, 1.165) is 0 Å². The Morgan fingerprint density at radius 1 is 1.64 bits per heavy atom. The van der Waals surface area contributed by atoms with Gasteiger partial charge in [-0.15, -0.1) is 0 Å². The van der Waals surface area contributed by atoms with Crippen molar-refractivity contribution in [2.45, 2.75) is 11.9 Å². The van der Waals surface area contributed by atoms with E-state index in [-0.39, 0.29) is 10.8 Å². The van der Waals surface area contributed by atoms with Crippen LogP contribution in [0.25, 0.3) is 0 Å². The minimum Gasteiger partial charge on any atom is -0.325 e. The molecule has 0 unspecified atom stereocenters. The third-order valence-corrected chi connectivity index (χ3v) is 3.26. The topological polar surface area (TPSA) is 52.0 Å². The third-order valence-electron chi connectivity index (χ3n) is 1.47. The summed E-state index contributed by atoms with van der Waals surface area (Å²) in [5.41, 5.74) is 0. The SMILES string of the molecule is CCS(=O)(=O)c1cncn1C. The number of hydrogen-bond acceptors (Lipinski definition) is 3. The molecule has 1 heterocycles. The molecule has 0 fully saturated rings. The molecule has 0 N–H and O–H groups in total. The normalized spacial score (nSPS) is 11.8. The van der Waals surface area contributed by atoms with E-state index in [1.807, 2.05) is 0 Å². The maximum Gasteiger partial charge on any atom is 0.195 e. The summed E-state index contributed by atoms with van der Waals surface area (Å²) in [6.07, 6.45) is 2.83. The van der Waals surface area contributed by atoms with Crippen molar-refractivity contribution in [2.24, 2.45) is 7.05 Å². The van der Waals surface area contributed by atoms with Crippen LogP contribution in [-0.4, -0.2) is 23.7 Å². The third kappa shape index (κ3) is 1.42. The van der Waals surface area contributed by atoms with Crippen LogP contribution in [0.5, 0.6) is 0 Å². The van der Waals surface area contributed by atoms with Crippen molar-refractivity contribution in [3.8, 4) is 0 Å². The molecule has 11 heavy (non-hydrogen) atoms. The zero-order valence-electron chi connectivity index (χ0n) is 6.48. The lowest BCUT2D eigenvalue weighted by molar-refractivity contribution is 0.587. The van der Waals surface area contributed by atoms with Gasteiger partial charge in [0, 0.05) is 7.05 Å². The number of sulfone groups is 1. The number of aromatic nitrogens is 2. The van der Waals surface area contributed by atoms with E-state index in [2.05, 4.69) is 4.98 Å². The van der Waals surface area contributed by atoms with Crippen LogP contribution in [0.15, 0.2) is 17.6 Å². The molecule has 0 saturated heterocycles. The lowest BCUT2D eigenvalue weighted by Crippen LogP contribution is -2.08. The zero-order chi connectivity index (χ0) is 8.48. The van der Waals surface area contributed by atoms with Gasteiger partial charge in [0.1, 0.15) is 0 Å². The standard InChI is InChI=1S/C6H10N2O2S/c1-3-11(9,10)6-4-7-5-8(6)2/h4-5H,3H2,1-2H3. The summed E-state index contributed by atoms with van der Waals surface area (Å²) in [6.45, 7) is 1.61. The summed E-state index contributed by atoms with van der Waals surface area (Å²) < 4.78 is 23.9. The van der Waals surface area contributed by atoms with Crippen LogP contribution >= 0.6 is 0 Å². The summed E-state index contributed by atoms with van der Waals surface area (Å²) >= 11 is 0. The summed E-state index contributed by atoms with van der Waals surface area (Å²) in [5.74, 6) is 0.118. The predicted octanol–water partition coefficient (Wildman–Crippen LogP) is 0.214. The molecule has 5 heteroatoms. The molecule has 0 atom stereocenters. The van der Waals surface area contributed by atoms with Gasteiger partial charge in [0.15, 0.2) is 14.9 Å². The molecule has 0 saturated carbocycles. The van der Waals surface area contributed by atoms with E-state index >= 15 is 0 Å². The van der Waals surface area contributed by atoms with Crippen LogP contribution in [0.2, 0.25) is 0 Å². The maximum atomic E-state index is 11.2. The summed E-state index contributed by atoms with van der Waals surface area (Å²) in [6, 6.07) is 0. The first kappa shape index (κ1) is 8.26. The first-order chi connectivity index (χ1) is 5.08. The molecular formula is C6H10N2O2S. The second-order valence-electron chi connectivity index (χ2n) is 2.25. The van der Waals surface area contributed by atoms with Crippen LogP contribution in [0.3, 0.4) is 0 Å². The minimum absolute atomic E-state index is 0.118. The number of aryl methyl sites for hydroxylation is 1. The van der Waals surface area contributed by atoms with Crippen LogP contribution in [0.1, 0.15) is 6.92 Å². The second kappa shape index (κ2) is 2.65. The largest absolute Gasteiger partial charge is 0.325 e. The van der Waals surface area contributed by atoms with Crippen molar-refractivity contribution in [1.29, 1.82) is 0 Å². The van der Waals surface area contributed by atoms with Crippen molar-refractivity contribution in [2.75, 3.05) is 5.75 Å². The second-order valence-corrected chi connectivity index (χ2v) is 4.47. The Hall–Kier alpha value is -0.840. The molecule has 0 radical (unpaired) electrons. The van der Waals surface area contributed by atoms with Gasteiger partial charge in [-0.2, -0.15) is 0 Å². The highest BCUT2D eigenvalue weighted by Crippen LogP contribution is 2.07. The lowest BCUT2D eigenvalue weighted by atomic mass is 10.9. The molecule has 62 valence electrons. The lowest BCUT2D eigenvalue weighted by Gasteiger charge is -1.99. The highest BCUT2D eigenvalue weighted by molar-refractivity contribution is 7.91. The smallest absolute Gasteiger partial charge is 0.195 e. The molecule has 4 nitrogen and oxygen atoms in total. The fourth-order valence-corrected chi connectivity index (χ4v) is 1.80. The van der Waals surface area contributed by atoms with Gasteiger partial charge in [0.2, 0.25) is 0 Å². The van der Waals surface area contributed by atoms with Crippen LogP contribution in [-0.2, 0) is 16.9 Å². The minimum atomic E-state index is -3.09. The van der Waals surface area contributed by atoms with Crippen LogP contribution in [0, 0.1) is 0 Å². The van der Waals surface area contributed by atoms with E-state index in [4.69, 9.17) is 0 Å². The van der Waals surface area contributed by atoms with Crippen LogP contribution < -0.4 is 0 Å². The number of imidazole rings is 1. The molecule has 1 rings (SSSR count). The van der Waals surface area contributed by atoms with E-state index in [9.17, 15) is 8.42 Å². The summed E-state index contributed by atoms with van der Waals surface area (Å²) in [7, 11) is -1.42. The van der Waals surface area contributed by atoms with Gasteiger partial charge >= 0.3 is 0 Å². The van der Waals surface area contributed by atoms with Gasteiger partial charge in [-0.05, 0) is 0 Å². The first-order valence-electron chi connectivity index (χ1n) is 3.27. The van der Waals surface area contributed by atoms with Gasteiger partial charge in [-0.1, -0.05) is 6.92 Å². The molecule has 0 bridgehead atoms. The Morgan fingerprint density at radius 3 is 2.64 bits per heavy atom.